The minimum absolute atomic E-state index is 0.0853. The lowest BCUT2D eigenvalue weighted by Crippen LogP contribution is -2.49. The van der Waals surface area contributed by atoms with Gasteiger partial charge in [0.15, 0.2) is 5.78 Å². The molecule has 0 bridgehead atoms. The van der Waals surface area contributed by atoms with Crippen molar-refractivity contribution in [3.05, 3.63) is 47.2 Å². The Labute approximate surface area is 170 Å². The number of rotatable bonds is 5. The number of carbonyl (C=O) groups excluding carboxylic acids is 1. The summed E-state index contributed by atoms with van der Waals surface area (Å²) in [5, 5.41) is 18.7. The maximum Gasteiger partial charge on any atom is 0.239 e. The van der Waals surface area contributed by atoms with Crippen molar-refractivity contribution in [2.75, 3.05) is 7.11 Å². The van der Waals surface area contributed by atoms with E-state index in [9.17, 15) is 9.90 Å². The van der Waals surface area contributed by atoms with E-state index in [0.29, 0.717) is 23.6 Å². The van der Waals surface area contributed by atoms with Crippen LogP contribution in [0.3, 0.4) is 0 Å². The molecule has 0 amide bonds. The number of aliphatic hydroxyl groups excluding tert-OH is 1. The van der Waals surface area contributed by atoms with Crippen LogP contribution in [-0.2, 0) is 16.0 Å². The first-order valence-electron chi connectivity index (χ1n) is 9.46. The summed E-state index contributed by atoms with van der Waals surface area (Å²) < 4.78 is 16.6. The first-order valence-corrected chi connectivity index (χ1v) is 9.46. The summed E-state index contributed by atoms with van der Waals surface area (Å²) in [5.74, 6) is 0.792. The third kappa shape index (κ3) is 3.96. The Hall–Kier alpha value is -2.93. The average Bonchev–Trinajstić information content (AvgIpc) is 2.67. The number of benzene rings is 1. The molecule has 0 atom stereocenters. The fourth-order valence-corrected chi connectivity index (χ4v) is 3.44. The van der Waals surface area contributed by atoms with E-state index in [1.165, 1.54) is 7.11 Å². The highest BCUT2D eigenvalue weighted by Crippen LogP contribution is 2.41. The molecule has 1 N–H and O–H groups in total. The highest BCUT2D eigenvalue weighted by atomic mass is 16.5. The van der Waals surface area contributed by atoms with Crippen molar-refractivity contribution in [1.29, 1.82) is 0 Å². The van der Waals surface area contributed by atoms with Crippen LogP contribution in [0.2, 0.25) is 0 Å². The van der Waals surface area contributed by atoms with E-state index in [-0.39, 0.29) is 23.0 Å². The first kappa shape index (κ1) is 20.8. The van der Waals surface area contributed by atoms with Crippen molar-refractivity contribution in [2.45, 2.75) is 52.2 Å². The van der Waals surface area contributed by atoms with Crippen LogP contribution in [0.25, 0.3) is 5.57 Å². The van der Waals surface area contributed by atoms with Gasteiger partial charge in [0.05, 0.1) is 12.7 Å². The van der Waals surface area contributed by atoms with Crippen LogP contribution in [0.4, 0.5) is 0 Å². The van der Waals surface area contributed by atoms with E-state index in [1.807, 2.05) is 13.0 Å². The zero-order valence-corrected chi connectivity index (χ0v) is 17.6. The molecule has 7 nitrogen and oxygen atoms in total. The number of aryl methyl sites for hydroxylation is 1. The second-order valence-electron chi connectivity index (χ2n) is 7.86. The lowest BCUT2D eigenvalue weighted by Gasteiger charge is -2.40. The first-order chi connectivity index (χ1) is 13.6. The van der Waals surface area contributed by atoms with E-state index in [4.69, 9.17) is 14.2 Å². The van der Waals surface area contributed by atoms with Gasteiger partial charge in [0.1, 0.15) is 22.7 Å². The van der Waals surface area contributed by atoms with Crippen LogP contribution < -0.4 is 9.47 Å². The number of hydrogen-bond donors (Lipinski definition) is 1. The predicted molar refractivity (Wildman–Crippen MR) is 108 cm³/mol. The number of carbonyl (C=O) groups is 1. The Morgan fingerprint density at radius 2 is 1.69 bits per heavy atom. The Morgan fingerprint density at radius 1 is 1.03 bits per heavy atom. The maximum atomic E-state index is 13.1. The molecule has 0 aliphatic carbocycles. The summed E-state index contributed by atoms with van der Waals surface area (Å²) in [6.45, 7) is 8.90. The Morgan fingerprint density at radius 3 is 2.28 bits per heavy atom. The van der Waals surface area contributed by atoms with Gasteiger partial charge in [-0.25, -0.2) is 0 Å². The third-order valence-electron chi connectivity index (χ3n) is 4.87. The minimum atomic E-state index is -1.06. The second-order valence-corrected chi connectivity index (χ2v) is 7.86. The molecule has 0 saturated heterocycles. The number of Topliss-reactive ketones (excluding diaryl/α,β-unsaturated/α-hetero) is 1. The molecule has 0 saturated carbocycles. The SMILES string of the molecule is CCc1ccc(Oc2ccc(OC)nn2)cc1C1=C(O)C(C)(C)OC(C)(C)C1=O. The molecule has 0 spiro atoms. The number of methoxy groups -OCH3 is 1. The van der Waals surface area contributed by atoms with Crippen LogP contribution in [-0.4, -0.2) is 39.4 Å². The van der Waals surface area contributed by atoms with Crippen LogP contribution in [0.5, 0.6) is 17.5 Å². The lowest BCUT2D eigenvalue weighted by molar-refractivity contribution is -0.158. The fraction of sp³-hybridized carbons (Fsp3) is 0.409. The van der Waals surface area contributed by atoms with E-state index in [1.54, 1.807) is 52.0 Å². The molecule has 3 rings (SSSR count). The molecule has 7 heteroatoms. The summed E-state index contributed by atoms with van der Waals surface area (Å²) in [7, 11) is 1.51. The van der Waals surface area contributed by atoms with Gasteiger partial charge in [-0.15, -0.1) is 10.2 Å². The van der Waals surface area contributed by atoms with Gasteiger partial charge in [-0.3, -0.25) is 4.79 Å². The number of nitrogens with zero attached hydrogens (tertiary/aromatic N) is 2. The summed E-state index contributed by atoms with van der Waals surface area (Å²) in [4.78, 5) is 13.1. The fourth-order valence-electron chi connectivity index (χ4n) is 3.44. The summed E-state index contributed by atoms with van der Waals surface area (Å²) >= 11 is 0. The van der Waals surface area contributed by atoms with Crippen molar-refractivity contribution in [3.8, 4) is 17.5 Å². The molecule has 2 aromatic rings. The molecule has 0 unspecified atom stereocenters. The van der Waals surface area contributed by atoms with E-state index in [0.717, 1.165) is 5.56 Å². The Kier molecular flexibility index (Phi) is 5.36. The van der Waals surface area contributed by atoms with Crippen molar-refractivity contribution < 1.29 is 24.1 Å². The maximum absolute atomic E-state index is 13.1. The minimum Gasteiger partial charge on any atom is -0.508 e. The van der Waals surface area contributed by atoms with Crippen LogP contribution in [0.1, 0.15) is 45.7 Å². The molecular formula is C22H26N2O5. The number of aliphatic hydroxyl groups is 1. The third-order valence-corrected chi connectivity index (χ3v) is 4.87. The van der Waals surface area contributed by atoms with Gasteiger partial charge < -0.3 is 19.3 Å². The van der Waals surface area contributed by atoms with Gasteiger partial charge in [0, 0.05) is 12.1 Å². The highest BCUT2D eigenvalue weighted by molar-refractivity contribution is 6.26. The standard InChI is InChI=1S/C22H26N2O5/c1-7-13-8-9-14(28-17-11-10-16(27-6)23-24-17)12-15(13)18-19(25)21(2,3)29-22(4,5)20(18)26/h8-12,25H,7H2,1-6H3. The number of hydrogen-bond acceptors (Lipinski definition) is 7. The molecule has 29 heavy (non-hydrogen) atoms. The Bertz CT molecular complexity index is 962. The average molecular weight is 398 g/mol. The van der Waals surface area contributed by atoms with E-state index in [2.05, 4.69) is 10.2 Å². The van der Waals surface area contributed by atoms with Crippen molar-refractivity contribution in [3.63, 3.8) is 0 Å². The van der Waals surface area contributed by atoms with Gasteiger partial charge in [0.2, 0.25) is 11.8 Å². The highest BCUT2D eigenvalue weighted by Gasteiger charge is 2.47. The molecule has 1 aliphatic heterocycles. The molecule has 1 aromatic carbocycles. The molecule has 0 radical (unpaired) electrons. The molecule has 1 aliphatic rings. The van der Waals surface area contributed by atoms with E-state index < -0.39 is 11.2 Å². The van der Waals surface area contributed by atoms with Crippen molar-refractivity contribution >= 4 is 11.4 Å². The van der Waals surface area contributed by atoms with Gasteiger partial charge >= 0.3 is 0 Å². The molecule has 154 valence electrons. The zero-order valence-electron chi connectivity index (χ0n) is 17.6. The van der Waals surface area contributed by atoms with Gasteiger partial charge in [-0.2, -0.15) is 0 Å². The zero-order chi connectivity index (χ0) is 21.4. The van der Waals surface area contributed by atoms with Gasteiger partial charge in [-0.05, 0) is 57.4 Å². The van der Waals surface area contributed by atoms with E-state index >= 15 is 0 Å². The monoisotopic (exact) mass is 398 g/mol. The number of aromatic nitrogens is 2. The second kappa shape index (κ2) is 7.48. The van der Waals surface area contributed by atoms with Crippen LogP contribution in [0.15, 0.2) is 36.1 Å². The number of ether oxygens (including phenoxy) is 3. The van der Waals surface area contributed by atoms with Gasteiger partial charge in [-0.1, -0.05) is 13.0 Å². The summed E-state index contributed by atoms with van der Waals surface area (Å²) in [5.41, 5.74) is -0.251. The normalized spacial score (nSPS) is 17.9. The molecule has 0 fully saturated rings. The summed E-state index contributed by atoms with van der Waals surface area (Å²) in [6, 6.07) is 8.70. The topological polar surface area (TPSA) is 90.8 Å². The predicted octanol–water partition coefficient (Wildman–Crippen LogP) is 4.27. The molecular weight excluding hydrogens is 372 g/mol. The van der Waals surface area contributed by atoms with Crippen LogP contribution >= 0.6 is 0 Å². The van der Waals surface area contributed by atoms with Gasteiger partial charge in [0.25, 0.3) is 0 Å². The lowest BCUT2D eigenvalue weighted by atomic mass is 9.81. The molecule has 2 heterocycles. The quantitative estimate of drug-likeness (QED) is 0.804. The van der Waals surface area contributed by atoms with Crippen molar-refractivity contribution in [1.82, 2.24) is 10.2 Å². The largest absolute Gasteiger partial charge is 0.508 e. The molecule has 1 aromatic heterocycles. The summed E-state index contributed by atoms with van der Waals surface area (Å²) in [6.07, 6.45) is 0.684. The Balaban J connectivity index is 2.08. The van der Waals surface area contributed by atoms with Crippen molar-refractivity contribution in [2.24, 2.45) is 0 Å². The number of ketones is 1. The van der Waals surface area contributed by atoms with Crippen LogP contribution in [0, 0.1) is 0 Å². The smallest absolute Gasteiger partial charge is 0.239 e.